The Kier molecular flexibility index (Phi) is 4.67. The number of hydrogen-bond acceptors (Lipinski definition) is 6. The van der Waals surface area contributed by atoms with Gasteiger partial charge in [-0.3, -0.25) is 4.79 Å². The average molecular weight is 377 g/mol. The number of nitrogens with zero attached hydrogens (tertiary/aromatic N) is 1. The molecule has 2 N–H and O–H groups in total. The van der Waals surface area contributed by atoms with Crippen molar-refractivity contribution >= 4 is 39.0 Å². The number of carbonyl (C=O) groups excluding carboxylic acids is 1. The number of hydrogen-bond donors (Lipinski definition) is 2. The van der Waals surface area contributed by atoms with Crippen LogP contribution in [0, 0.1) is 0 Å². The van der Waals surface area contributed by atoms with Crippen molar-refractivity contribution in [2.75, 3.05) is 10.6 Å². The van der Waals surface area contributed by atoms with Crippen LogP contribution in [0.1, 0.15) is 16.1 Å². The van der Waals surface area contributed by atoms with Crippen molar-refractivity contribution in [3.05, 3.63) is 87.7 Å². The van der Waals surface area contributed by atoms with Crippen molar-refractivity contribution in [1.82, 2.24) is 4.98 Å². The van der Waals surface area contributed by atoms with Crippen molar-refractivity contribution in [3.63, 3.8) is 0 Å². The first-order valence-electron chi connectivity index (χ1n) is 8.26. The lowest BCUT2D eigenvalue weighted by Gasteiger charge is -2.04. The molecule has 0 saturated carbocycles. The molecule has 0 aliphatic carbocycles. The van der Waals surface area contributed by atoms with E-state index < -0.39 is 5.63 Å². The summed E-state index contributed by atoms with van der Waals surface area (Å²) in [5.74, 6) is -0.296. The van der Waals surface area contributed by atoms with Crippen LogP contribution in [-0.4, -0.2) is 10.9 Å². The zero-order valence-corrected chi connectivity index (χ0v) is 15.0. The van der Waals surface area contributed by atoms with Crippen molar-refractivity contribution in [3.8, 4) is 0 Å². The van der Waals surface area contributed by atoms with Crippen LogP contribution in [0.3, 0.4) is 0 Å². The molecule has 1 amide bonds. The summed E-state index contributed by atoms with van der Waals surface area (Å²) >= 11 is 1.38. The minimum Gasteiger partial charge on any atom is -0.423 e. The molecule has 27 heavy (non-hydrogen) atoms. The molecule has 0 atom stereocenters. The maximum Gasteiger partial charge on any atom is 0.336 e. The minimum absolute atomic E-state index is 0.296. The molecule has 134 valence electrons. The van der Waals surface area contributed by atoms with Crippen molar-refractivity contribution < 1.29 is 9.21 Å². The van der Waals surface area contributed by atoms with Gasteiger partial charge in [-0.25, -0.2) is 9.78 Å². The molecule has 0 radical (unpaired) electrons. The Morgan fingerprint density at radius 3 is 2.78 bits per heavy atom. The van der Waals surface area contributed by atoms with E-state index in [2.05, 4.69) is 15.6 Å². The van der Waals surface area contributed by atoms with Gasteiger partial charge in [0.2, 0.25) is 0 Å². The molecule has 0 fully saturated rings. The Hall–Kier alpha value is -3.45. The number of amides is 1. The van der Waals surface area contributed by atoms with Gasteiger partial charge in [-0.2, -0.15) is 0 Å². The second-order valence-corrected chi connectivity index (χ2v) is 6.70. The van der Waals surface area contributed by atoms with Crippen LogP contribution in [0.5, 0.6) is 0 Å². The van der Waals surface area contributed by atoms with Crippen molar-refractivity contribution in [2.24, 2.45) is 0 Å². The fraction of sp³-hybridized carbons (Fsp3) is 0.0500. The molecule has 0 spiro atoms. The summed E-state index contributed by atoms with van der Waals surface area (Å²) in [5.41, 5.74) is 2.16. The highest BCUT2D eigenvalue weighted by Gasteiger charge is 2.11. The monoisotopic (exact) mass is 377 g/mol. The molecule has 0 aliphatic heterocycles. The highest BCUT2D eigenvalue weighted by Crippen LogP contribution is 2.20. The molecule has 4 rings (SSSR count). The van der Waals surface area contributed by atoms with Gasteiger partial charge in [0, 0.05) is 29.1 Å². The summed E-state index contributed by atoms with van der Waals surface area (Å²) < 4.78 is 5.09. The number of nitrogens with one attached hydrogen (secondary N) is 2. The molecule has 2 heterocycles. The molecule has 4 aromatic rings. The van der Waals surface area contributed by atoms with E-state index in [9.17, 15) is 9.59 Å². The first-order valence-corrected chi connectivity index (χ1v) is 9.14. The van der Waals surface area contributed by atoms with Gasteiger partial charge in [-0.15, -0.1) is 11.3 Å². The predicted octanol–water partition coefficient (Wildman–Crippen LogP) is 4.11. The summed E-state index contributed by atoms with van der Waals surface area (Å²) in [5, 5.41) is 9.15. The third-order valence-corrected chi connectivity index (χ3v) is 4.70. The van der Waals surface area contributed by atoms with Crippen LogP contribution in [-0.2, 0) is 6.54 Å². The van der Waals surface area contributed by atoms with Crippen molar-refractivity contribution in [2.45, 2.75) is 6.54 Å². The van der Waals surface area contributed by atoms with Crippen molar-refractivity contribution in [1.29, 1.82) is 0 Å². The summed E-state index contributed by atoms with van der Waals surface area (Å²) in [7, 11) is 0. The lowest BCUT2D eigenvalue weighted by molar-refractivity contribution is 0.102. The van der Waals surface area contributed by atoms with Crippen LogP contribution in [0.25, 0.3) is 11.0 Å². The van der Waals surface area contributed by atoms with E-state index in [1.54, 1.807) is 29.6 Å². The van der Waals surface area contributed by atoms with Crippen LogP contribution in [0.2, 0.25) is 0 Å². The van der Waals surface area contributed by atoms with Gasteiger partial charge in [0.1, 0.15) is 11.3 Å². The van der Waals surface area contributed by atoms with E-state index in [0.29, 0.717) is 28.6 Å². The smallest absolute Gasteiger partial charge is 0.336 e. The van der Waals surface area contributed by atoms with E-state index in [4.69, 9.17) is 4.42 Å². The zero-order valence-electron chi connectivity index (χ0n) is 14.1. The van der Waals surface area contributed by atoms with Crippen LogP contribution < -0.4 is 16.3 Å². The topological polar surface area (TPSA) is 84.2 Å². The number of benzene rings is 2. The fourth-order valence-corrected chi connectivity index (χ4v) is 3.27. The van der Waals surface area contributed by atoms with Gasteiger partial charge < -0.3 is 15.1 Å². The summed E-state index contributed by atoms with van der Waals surface area (Å²) in [6, 6.07) is 18.1. The molecule has 0 saturated heterocycles. The molecule has 2 aromatic heterocycles. The van der Waals surface area contributed by atoms with E-state index in [1.165, 1.54) is 17.4 Å². The summed E-state index contributed by atoms with van der Waals surface area (Å²) in [4.78, 5) is 28.0. The first kappa shape index (κ1) is 17.0. The Labute approximate surface area is 158 Å². The second kappa shape index (κ2) is 7.43. The number of rotatable bonds is 5. The van der Waals surface area contributed by atoms with Gasteiger partial charge in [-0.1, -0.05) is 30.3 Å². The molecular weight excluding hydrogens is 362 g/mol. The van der Waals surface area contributed by atoms with E-state index in [-0.39, 0.29) is 5.91 Å². The average Bonchev–Trinajstić information content (AvgIpc) is 3.16. The van der Waals surface area contributed by atoms with E-state index >= 15 is 0 Å². The standard InChI is InChI=1S/C20H15N3O3S/c24-18-9-6-14-10-15(7-8-17(14)26-18)22-19(25)16-12-27-20(23-16)21-11-13-4-2-1-3-5-13/h1-10,12H,11H2,(H,21,23)(H,22,25). The Morgan fingerprint density at radius 1 is 1.07 bits per heavy atom. The Bertz CT molecular complexity index is 1150. The highest BCUT2D eigenvalue weighted by atomic mass is 32.1. The first-order chi connectivity index (χ1) is 13.2. The summed E-state index contributed by atoms with van der Waals surface area (Å²) in [6.45, 7) is 0.644. The maximum absolute atomic E-state index is 12.4. The predicted molar refractivity (Wildman–Crippen MR) is 106 cm³/mol. The quantitative estimate of drug-likeness (QED) is 0.511. The molecule has 0 unspecified atom stereocenters. The Balaban J connectivity index is 1.43. The number of anilines is 2. The molecule has 0 aliphatic rings. The Morgan fingerprint density at radius 2 is 1.93 bits per heavy atom. The van der Waals surface area contributed by atoms with Gasteiger partial charge in [0.15, 0.2) is 5.13 Å². The number of aromatic nitrogens is 1. The fourth-order valence-electron chi connectivity index (χ4n) is 2.58. The minimum atomic E-state index is -0.405. The normalized spacial score (nSPS) is 10.7. The van der Waals surface area contributed by atoms with E-state index in [0.717, 1.165) is 10.9 Å². The maximum atomic E-state index is 12.4. The van der Waals surface area contributed by atoms with Gasteiger partial charge in [0.25, 0.3) is 5.91 Å². The molecule has 2 aromatic carbocycles. The molecular formula is C20H15N3O3S. The number of fused-ring (bicyclic) bond motifs is 1. The number of carbonyl (C=O) groups is 1. The highest BCUT2D eigenvalue weighted by molar-refractivity contribution is 7.13. The SMILES string of the molecule is O=C(Nc1ccc2oc(=O)ccc2c1)c1csc(NCc2ccccc2)n1. The van der Waals surface area contributed by atoms with Crippen LogP contribution >= 0.6 is 11.3 Å². The summed E-state index contributed by atoms with van der Waals surface area (Å²) in [6.07, 6.45) is 0. The third kappa shape index (κ3) is 4.04. The lowest BCUT2D eigenvalue weighted by Crippen LogP contribution is -2.12. The van der Waals surface area contributed by atoms with Crippen LogP contribution in [0.15, 0.2) is 75.3 Å². The van der Waals surface area contributed by atoms with Crippen LogP contribution in [0.4, 0.5) is 10.8 Å². The number of thiazole rings is 1. The lowest BCUT2D eigenvalue weighted by atomic mass is 10.2. The second-order valence-electron chi connectivity index (χ2n) is 5.84. The zero-order chi connectivity index (χ0) is 18.6. The molecule has 7 heteroatoms. The van der Waals surface area contributed by atoms with Gasteiger partial charge in [0.05, 0.1) is 0 Å². The van der Waals surface area contributed by atoms with Gasteiger partial charge in [-0.05, 0) is 29.8 Å². The third-order valence-electron chi connectivity index (χ3n) is 3.90. The molecule has 6 nitrogen and oxygen atoms in total. The van der Waals surface area contributed by atoms with E-state index in [1.807, 2.05) is 30.3 Å². The molecule has 0 bridgehead atoms. The van der Waals surface area contributed by atoms with Gasteiger partial charge >= 0.3 is 5.63 Å². The largest absolute Gasteiger partial charge is 0.423 e.